The molecule has 0 amide bonds. The van der Waals surface area contributed by atoms with Gasteiger partial charge in [-0.3, -0.25) is 4.79 Å². The summed E-state index contributed by atoms with van der Waals surface area (Å²) in [6, 6.07) is 22.1. The van der Waals surface area contributed by atoms with E-state index in [1.54, 1.807) is 33.3 Å². The average Bonchev–Trinajstić information content (AvgIpc) is 3.86. The molecule has 3 N–H and O–H groups in total. The molecule has 1 saturated carbocycles. The van der Waals surface area contributed by atoms with E-state index < -0.39 is 0 Å². The number of carbonyl (C=O) groups is 1. The summed E-state index contributed by atoms with van der Waals surface area (Å²) < 4.78 is 30.8. The highest BCUT2D eigenvalue weighted by molar-refractivity contribution is 6.01. The molecule has 0 aromatic heterocycles. The number of benzene rings is 4. The molecule has 2 aliphatic rings. The molecule has 4 aromatic carbocycles. The van der Waals surface area contributed by atoms with Gasteiger partial charge in [-0.25, -0.2) is 4.39 Å². The van der Waals surface area contributed by atoms with E-state index in [0.29, 0.717) is 12.2 Å². The number of fused-ring (bicyclic) bond motifs is 1. The zero-order chi connectivity index (χ0) is 35.4. The second kappa shape index (κ2) is 17.8. The number of nitrogens with two attached hydrogens (primary N) is 1. The number of methoxy groups -OCH3 is 2. The molecule has 8 heteroatoms. The first kappa shape index (κ1) is 37.4. The van der Waals surface area contributed by atoms with Gasteiger partial charge in [-0.15, -0.1) is 0 Å². The standard InChI is InChI=1S/C31H39NO3.C9H10FN.CH2O2/c1-4-7-24-8-5-10-26-25(24)9-6-11-27(26)30-28(33-2)20-23(21-29(30)34-3)22-35-19-18-32-16-14-31(12-13-31)15-17-32;1-6-4-3-5-8(10)9(6)7(2)11;2-1-3/h5-6,8-11,20-21H,4,7,12-19,22H2,1-3H3;3-5H,2,11H2,1H3;1H,(H,2,3). The van der Waals surface area contributed by atoms with Crippen LogP contribution in [0.2, 0.25) is 0 Å². The molecule has 0 atom stereocenters. The first-order valence-corrected chi connectivity index (χ1v) is 17.0. The molecule has 2 fully saturated rings. The Morgan fingerprint density at radius 3 is 2.14 bits per heavy atom. The summed E-state index contributed by atoms with van der Waals surface area (Å²) in [5, 5.41) is 9.42. The minimum Gasteiger partial charge on any atom is -0.496 e. The zero-order valence-corrected chi connectivity index (χ0v) is 29.4. The van der Waals surface area contributed by atoms with Crippen LogP contribution in [0.15, 0.2) is 73.3 Å². The van der Waals surface area contributed by atoms with Crippen LogP contribution in [0.1, 0.15) is 61.3 Å². The molecule has 0 bridgehead atoms. The Labute approximate surface area is 290 Å². The highest BCUT2D eigenvalue weighted by Crippen LogP contribution is 2.53. The molecule has 49 heavy (non-hydrogen) atoms. The van der Waals surface area contributed by atoms with Gasteiger partial charge in [0.25, 0.3) is 6.47 Å². The van der Waals surface area contributed by atoms with E-state index >= 15 is 0 Å². The quantitative estimate of drug-likeness (QED) is 0.122. The monoisotopic (exact) mass is 670 g/mol. The fourth-order valence-corrected chi connectivity index (χ4v) is 6.75. The Kier molecular flexibility index (Phi) is 13.6. The summed E-state index contributed by atoms with van der Waals surface area (Å²) in [5.41, 5.74) is 12.2. The highest BCUT2D eigenvalue weighted by Gasteiger charge is 2.44. The van der Waals surface area contributed by atoms with Gasteiger partial charge in [-0.05, 0) is 109 Å². The van der Waals surface area contributed by atoms with Gasteiger partial charge in [0.1, 0.15) is 17.3 Å². The average molecular weight is 671 g/mol. The van der Waals surface area contributed by atoms with Crippen LogP contribution in [0.4, 0.5) is 4.39 Å². The third-order valence-electron chi connectivity index (χ3n) is 9.60. The van der Waals surface area contributed by atoms with Crippen molar-refractivity contribution in [3.8, 4) is 22.6 Å². The number of carboxylic acid groups (broad SMARTS) is 1. The second-order valence-corrected chi connectivity index (χ2v) is 12.9. The van der Waals surface area contributed by atoms with Gasteiger partial charge >= 0.3 is 0 Å². The van der Waals surface area contributed by atoms with Gasteiger partial charge in [0, 0.05) is 17.8 Å². The Balaban J connectivity index is 0.000000324. The van der Waals surface area contributed by atoms with Crippen molar-refractivity contribution in [3.05, 3.63) is 101 Å². The summed E-state index contributed by atoms with van der Waals surface area (Å²) in [5.74, 6) is 1.33. The number of nitrogens with zero attached hydrogens (tertiary/aromatic N) is 1. The summed E-state index contributed by atoms with van der Waals surface area (Å²) in [6.07, 6.45) is 7.85. The smallest absolute Gasteiger partial charge is 0.290 e. The second-order valence-electron chi connectivity index (χ2n) is 12.9. The topological polar surface area (TPSA) is 94.3 Å². The first-order valence-electron chi connectivity index (χ1n) is 17.0. The lowest BCUT2D eigenvalue weighted by Gasteiger charge is -2.31. The Hall–Kier alpha value is -4.40. The lowest BCUT2D eigenvalue weighted by Crippen LogP contribution is -2.36. The van der Waals surface area contributed by atoms with Crippen molar-refractivity contribution in [1.29, 1.82) is 0 Å². The van der Waals surface area contributed by atoms with Gasteiger partial charge < -0.3 is 30.0 Å². The van der Waals surface area contributed by atoms with E-state index in [0.717, 1.165) is 65.2 Å². The number of hydrogen-bond donors (Lipinski definition) is 2. The Bertz CT molecular complexity index is 1660. The molecule has 0 unspecified atom stereocenters. The Morgan fingerprint density at radius 1 is 0.980 bits per heavy atom. The predicted molar refractivity (Wildman–Crippen MR) is 197 cm³/mol. The van der Waals surface area contributed by atoms with Gasteiger partial charge in [0.15, 0.2) is 0 Å². The third kappa shape index (κ3) is 9.61. The molecule has 6 rings (SSSR count). The van der Waals surface area contributed by atoms with Crippen molar-refractivity contribution >= 4 is 22.9 Å². The molecule has 1 spiro atoms. The van der Waals surface area contributed by atoms with Crippen LogP contribution in [0.25, 0.3) is 27.6 Å². The van der Waals surface area contributed by atoms with E-state index in [-0.39, 0.29) is 18.0 Å². The van der Waals surface area contributed by atoms with E-state index in [1.807, 2.05) is 0 Å². The maximum Gasteiger partial charge on any atom is 0.290 e. The van der Waals surface area contributed by atoms with Crippen molar-refractivity contribution in [2.75, 3.05) is 40.5 Å². The molecule has 4 aromatic rings. The fraction of sp³-hybridized carbons (Fsp3) is 0.390. The summed E-state index contributed by atoms with van der Waals surface area (Å²) in [6.45, 7) is 12.0. The number of likely N-dealkylation sites (tertiary alicyclic amines) is 1. The maximum atomic E-state index is 13.0. The van der Waals surface area contributed by atoms with Gasteiger partial charge in [0.05, 0.1) is 33.0 Å². The first-order chi connectivity index (χ1) is 23.7. The van der Waals surface area contributed by atoms with Crippen LogP contribution in [0, 0.1) is 18.2 Å². The lowest BCUT2D eigenvalue weighted by atomic mass is 9.92. The van der Waals surface area contributed by atoms with Crippen molar-refractivity contribution < 1.29 is 28.5 Å². The number of aryl methyl sites for hydroxylation is 2. The predicted octanol–water partition coefficient (Wildman–Crippen LogP) is 8.63. The number of halogens is 1. The van der Waals surface area contributed by atoms with E-state index in [2.05, 4.69) is 66.9 Å². The van der Waals surface area contributed by atoms with Crippen LogP contribution >= 0.6 is 0 Å². The fourth-order valence-electron chi connectivity index (χ4n) is 6.75. The summed E-state index contributed by atoms with van der Waals surface area (Å²) in [7, 11) is 3.47. The van der Waals surface area contributed by atoms with Crippen molar-refractivity contribution in [3.63, 3.8) is 0 Å². The molecule has 1 saturated heterocycles. The zero-order valence-electron chi connectivity index (χ0n) is 29.4. The molecule has 1 aliphatic carbocycles. The summed E-state index contributed by atoms with van der Waals surface area (Å²) >= 11 is 0. The normalized spacial score (nSPS) is 14.6. The molecule has 0 radical (unpaired) electrons. The number of rotatable bonds is 11. The molecular weight excluding hydrogens is 619 g/mol. The minimum atomic E-state index is -0.308. The van der Waals surface area contributed by atoms with Crippen LogP contribution < -0.4 is 15.2 Å². The van der Waals surface area contributed by atoms with E-state index in [4.69, 9.17) is 29.8 Å². The van der Waals surface area contributed by atoms with Gasteiger partial charge in [-0.2, -0.15) is 0 Å². The molecule has 1 aliphatic heterocycles. The van der Waals surface area contributed by atoms with Gasteiger partial charge in [-0.1, -0.05) is 68.5 Å². The highest BCUT2D eigenvalue weighted by atomic mass is 19.1. The van der Waals surface area contributed by atoms with Crippen LogP contribution in [-0.2, 0) is 22.6 Å². The molecule has 7 nitrogen and oxygen atoms in total. The van der Waals surface area contributed by atoms with Crippen molar-refractivity contribution in [2.24, 2.45) is 11.1 Å². The number of piperidine rings is 1. The van der Waals surface area contributed by atoms with Crippen molar-refractivity contribution in [1.82, 2.24) is 4.90 Å². The molecule has 1 heterocycles. The summed E-state index contributed by atoms with van der Waals surface area (Å²) in [4.78, 5) is 10.9. The third-order valence-corrected chi connectivity index (χ3v) is 9.60. The number of hydrogen-bond acceptors (Lipinski definition) is 6. The van der Waals surface area contributed by atoms with E-state index in [9.17, 15) is 4.39 Å². The van der Waals surface area contributed by atoms with Crippen LogP contribution in [0.5, 0.6) is 11.5 Å². The van der Waals surface area contributed by atoms with E-state index in [1.165, 1.54) is 61.2 Å². The molecule has 262 valence electrons. The minimum absolute atomic E-state index is 0.250. The number of ether oxygens (including phenoxy) is 3. The van der Waals surface area contributed by atoms with Crippen LogP contribution in [-0.4, -0.2) is 56.9 Å². The SMILES string of the molecule is C=C(N)c1c(C)cccc1F.CCCc1cccc2c(-c3c(OC)cc(COCCN4CCC5(CC4)CC5)cc3OC)cccc12.O=CO. The van der Waals surface area contributed by atoms with Crippen molar-refractivity contribution in [2.45, 2.75) is 59.0 Å². The Morgan fingerprint density at radius 2 is 1.59 bits per heavy atom. The largest absolute Gasteiger partial charge is 0.496 e. The molecular formula is C41H51FN2O5. The maximum absolute atomic E-state index is 13.0. The van der Waals surface area contributed by atoms with Crippen LogP contribution in [0.3, 0.4) is 0 Å². The van der Waals surface area contributed by atoms with Gasteiger partial charge in [0.2, 0.25) is 0 Å². The lowest BCUT2D eigenvalue weighted by molar-refractivity contribution is -0.122.